The number of likely N-dealkylation sites (tertiary alicyclic amines) is 1. The minimum Gasteiger partial charge on any atom is -0.439 e. The Morgan fingerprint density at radius 1 is 1.12 bits per heavy atom. The van der Waals surface area contributed by atoms with Gasteiger partial charge in [-0.1, -0.05) is 40.3 Å². The van der Waals surface area contributed by atoms with Gasteiger partial charge in [-0.25, -0.2) is 16.3 Å². The molecular weight excluding hydrogens is 744 g/mol. The molecule has 220 valence electrons. The van der Waals surface area contributed by atoms with Crippen molar-refractivity contribution in [3.05, 3.63) is 77.8 Å². The van der Waals surface area contributed by atoms with Gasteiger partial charge in [-0.15, -0.1) is 0 Å². The summed E-state index contributed by atoms with van der Waals surface area (Å²) in [5, 5.41) is 12.5. The summed E-state index contributed by atoms with van der Waals surface area (Å²) in [6, 6.07) is 9.46. The first-order chi connectivity index (χ1) is 19.8. The number of ether oxygens (including phenoxy) is 1. The third kappa shape index (κ3) is 9.35. The zero-order chi connectivity index (χ0) is 30.5. The summed E-state index contributed by atoms with van der Waals surface area (Å²) in [6.07, 6.45) is 6.20. The summed E-state index contributed by atoms with van der Waals surface area (Å²) >= 11 is 4.24. The smallest absolute Gasteiger partial charge is 0.246 e. The first-order valence-corrected chi connectivity index (χ1v) is 15.6. The Bertz CT molecular complexity index is 1320. The van der Waals surface area contributed by atoms with Crippen LogP contribution in [0.2, 0.25) is 0 Å². The number of carbonyl (C=O) groups is 1. The van der Waals surface area contributed by atoms with Crippen LogP contribution in [0.15, 0.2) is 55.5 Å². The van der Waals surface area contributed by atoms with E-state index in [1.165, 1.54) is 18.0 Å². The quantitative estimate of drug-likeness (QED) is 0.104. The summed E-state index contributed by atoms with van der Waals surface area (Å²) in [5.74, 6) is 2.21. The average Bonchev–Trinajstić information content (AvgIpc) is 3.00. The van der Waals surface area contributed by atoms with E-state index in [1.54, 1.807) is 18.5 Å². The highest BCUT2D eigenvalue weighted by atomic mass is 127. The topological polar surface area (TPSA) is 107 Å². The molecular formula is C30H39I2N7O2. The summed E-state index contributed by atoms with van der Waals surface area (Å²) < 4.78 is 7.71. The number of hydrogen-bond donors (Lipinski definition) is 2. The first kappa shape index (κ1) is 34.4. The van der Waals surface area contributed by atoms with Crippen LogP contribution in [0.3, 0.4) is 0 Å². The van der Waals surface area contributed by atoms with E-state index in [9.17, 15) is 4.79 Å². The second-order valence-corrected chi connectivity index (χ2v) is 12.5. The van der Waals surface area contributed by atoms with Gasteiger partial charge in [0.2, 0.25) is 11.8 Å². The summed E-state index contributed by atoms with van der Waals surface area (Å²) in [4.78, 5) is 27.2. The Morgan fingerprint density at radius 2 is 1.85 bits per heavy atom. The molecule has 3 heterocycles. The molecule has 0 radical (unpaired) electrons. The molecule has 3 aromatic rings. The van der Waals surface area contributed by atoms with Crippen LogP contribution >= 0.6 is 45.7 Å². The van der Waals surface area contributed by atoms with Gasteiger partial charge in [0.1, 0.15) is 17.9 Å². The molecule has 11 heteroatoms. The number of rotatable bonds is 8. The number of carbonyl (C=O) groups excluding carboxylic acids is 1. The molecule has 0 bridgehead atoms. The lowest BCUT2D eigenvalue weighted by molar-refractivity contribution is -0.127. The number of nitrogens with one attached hydrogen (secondary N) is 2. The highest BCUT2D eigenvalue weighted by Gasteiger charge is 2.26. The van der Waals surface area contributed by atoms with Crippen molar-refractivity contribution in [1.29, 1.82) is 5.41 Å². The highest BCUT2D eigenvalue weighted by molar-refractivity contribution is 14.2. The lowest BCUT2D eigenvalue weighted by Crippen LogP contribution is -2.44. The van der Waals surface area contributed by atoms with Gasteiger partial charge < -0.3 is 15.0 Å². The molecule has 4 rings (SSSR count). The molecule has 1 atom stereocenters. The number of aromatic nitrogens is 3. The molecule has 0 aliphatic carbocycles. The van der Waals surface area contributed by atoms with E-state index in [2.05, 4.69) is 79.5 Å². The predicted octanol–water partition coefficient (Wildman–Crippen LogP) is 7.84. The van der Waals surface area contributed by atoms with Crippen molar-refractivity contribution < 1.29 is 9.53 Å². The average molecular weight is 783 g/mol. The van der Waals surface area contributed by atoms with Gasteiger partial charge in [0.25, 0.3) is 0 Å². The Morgan fingerprint density at radius 3 is 2.46 bits per heavy atom. The van der Waals surface area contributed by atoms with Crippen molar-refractivity contribution in [1.82, 2.24) is 19.9 Å². The molecule has 1 fully saturated rings. The van der Waals surface area contributed by atoms with Gasteiger partial charge in [0, 0.05) is 37.0 Å². The van der Waals surface area contributed by atoms with Crippen molar-refractivity contribution in [3.63, 3.8) is 0 Å². The van der Waals surface area contributed by atoms with Crippen LogP contribution < -0.4 is 11.4 Å². The van der Waals surface area contributed by atoms with E-state index in [0.717, 1.165) is 18.4 Å². The Labute approximate surface area is 271 Å². The molecule has 1 saturated heterocycles. The maximum atomic E-state index is 12.1. The van der Waals surface area contributed by atoms with Gasteiger partial charge in [-0.05, 0) is 62.1 Å². The van der Waals surface area contributed by atoms with Crippen molar-refractivity contribution >= 4 is 69.0 Å². The molecule has 1 amide bonds. The molecule has 0 spiro atoms. The Balaban J connectivity index is 0.00000141. The van der Waals surface area contributed by atoms with Gasteiger partial charge in [0.05, 0.1) is 57.0 Å². The largest absolute Gasteiger partial charge is 0.439 e. The molecule has 1 unspecified atom stereocenters. The van der Waals surface area contributed by atoms with E-state index < -0.39 is 0 Å². The maximum Gasteiger partial charge on any atom is 0.246 e. The second kappa shape index (κ2) is 17.2. The van der Waals surface area contributed by atoms with Crippen LogP contribution in [0, 0.1) is 19.3 Å². The molecule has 0 saturated carbocycles. The normalized spacial score (nSPS) is 14.0. The fourth-order valence-corrected chi connectivity index (χ4v) is 4.82. The van der Waals surface area contributed by atoms with E-state index in [-0.39, 0.29) is 17.7 Å². The monoisotopic (exact) mass is 783 g/mol. The standard InChI is InChI=1S/C26H27I2N7O2.2C2H6/c1-4-22(36)34-11-5-6-19(14-34)33-25-23(26(35(27)28)32-15-31-25)24(29)18-8-10-21(30-13-18)37-20-9-7-16(2)17(3)12-20;2*1-2/h4,7-10,12-13,15,19,29H,1,5-6,11,14H2,2-3H3,(H,31,32,33);2*1-2H3. The summed E-state index contributed by atoms with van der Waals surface area (Å²) in [7, 11) is 0. The number of amides is 1. The molecule has 2 aromatic heterocycles. The summed E-state index contributed by atoms with van der Waals surface area (Å²) in [5.41, 5.74) is 3.74. The van der Waals surface area contributed by atoms with Crippen LogP contribution in [-0.2, 0) is 4.79 Å². The fraction of sp³-hybridized carbons (Fsp3) is 0.367. The number of piperidine rings is 1. The van der Waals surface area contributed by atoms with Crippen molar-refractivity contribution in [2.75, 3.05) is 19.7 Å². The van der Waals surface area contributed by atoms with Crippen LogP contribution in [-0.4, -0.2) is 50.6 Å². The van der Waals surface area contributed by atoms with Crippen LogP contribution in [0.1, 0.15) is 62.8 Å². The third-order valence-electron chi connectivity index (χ3n) is 6.21. The van der Waals surface area contributed by atoms with Crippen LogP contribution in [0.25, 0.3) is 0 Å². The number of halogens is 2. The minimum atomic E-state index is -0.0808. The number of pyridine rings is 1. The van der Waals surface area contributed by atoms with Crippen molar-refractivity contribution in [3.8, 4) is 11.6 Å². The predicted molar refractivity (Wildman–Crippen MR) is 185 cm³/mol. The van der Waals surface area contributed by atoms with Gasteiger partial charge in [-0.2, -0.15) is 0 Å². The minimum absolute atomic E-state index is 0.00399. The molecule has 1 aliphatic heterocycles. The number of nitrogens with zero attached hydrogens (tertiary/aromatic N) is 5. The molecule has 1 aliphatic rings. The summed E-state index contributed by atoms with van der Waals surface area (Å²) in [6.45, 7) is 16.9. The number of benzene rings is 1. The SMILES string of the molecule is C=CC(=O)N1CCCC(Nc2ncnc(N(I)I)c2C(=N)c2ccc(Oc3ccc(C)c(C)c3)nc2)C1.CC.CC. The van der Waals surface area contributed by atoms with Crippen molar-refractivity contribution in [2.45, 2.75) is 60.4 Å². The number of aryl methyl sites for hydroxylation is 2. The third-order valence-corrected chi connectivity index (χ3v) is 7.13. The van der Waals surface area contributed by atoms with E-state index in [4.69, 9.17) is 10.1 Å². The zero-order valence-electron chi connectivity index (χ0n) is 24.5. The highest BCUT2D eigenvalue weighted by Crippen LogP contribution is 2.32. The maximum absolute atomic E-state index is 12.1. The molecule has 2 N–H and O–H groups in total. The van der Waals surface area contributed by atoms with Gasteiger partial charge in [0.15, 0.2) is 5.82 Å². The number of hydrogen-bond acceptors (Lipinski definition) is 8. The van der Waals surface area contributed by atoms with Gasteiger partial charge in [-0.3, -0.25) is 10.2 Å². The van der Waals surface area contributed by atoms with Crippen molar-refractivity contribution in [2.24, 2.45) is 0 Å². The Hall–Kier alpha value is -2.81. The second-order valence-electron chi connectivity index (χ2n) is 8.73. The first-order valence-electron chi connectivity index (χ1n) is 13.7. The molecule has 1 aromatic carbocycles. The van der Waals surface area contributed by atoms with E-state index in [1.807, 2.05) is 58.9 Å². The Kier molecular flexibility index (Phi) is 14.4. The van der Waals surface area contributed by atoms with Gasteiger partial charge >= 0.3 is 0 Å². The molecule has 9 nitrogen and oxygen atoms in total. The number of anilines is 2. The lowest BCUT2D eigenvalue weighted by Gasteiger charge is -2.33. The zero-order valence-corrected chi connectivity index (χ0v) is 28.9. The van der Waals surface area contributed by atoms with E-state index in [0.29, 0.717) is 47.5 Å². The lowest BCUT2D eigenvalue weighted by atomic mass is 10.0. The van der Waals surface area contributed by atoms with E-state index >= 15 is 0 Å². The van der Waals surface area contributed by atoms with Crippen LogP contribution in [0.5, 0.6) is 11.6 Å². The van der Waals surface area contributed by atoms with Crippen LogP contribution in [0.4, 0.5) is 11.6 Å². The fourth-order valence-electron chi connectivity index (χ4n) is 4.09. The molecule has 41 heavy (non-hydrogen) atoms.